The number of methoxy groups -OCH3 is 3. The van der Waals surface area contributed by atoms with Crippen LogP contribution in [0.15, 0.2) is 16.5 Å². The van der Waals surface area contributed by atoms with Crippen molar-refractivity contribution in [2.24, 2.45) is 0 Å². The first kappa shape index (κ1) is 15.1. The fourth-order valence-corrected chi connectivity index (χ4v) is 1.91. The molecule has 0 aliphatic heterocycles. The van der Waals surface area contributed by atoms with Gasteiger partial charge in [0.1, 0.15) is 0 Å². The Morgan fingerprint density at radius 2 is 1.76 bits per heavy atom. The molecule has 2 rings (SSSR count). The molecule has 2 aromatic rings. The highest BCUT2D eigenvalue weighted by atomic mass is 16.5. The Bertz CT molecular complexity index is 612. The third-order valence-electron chi connectivity index (χ3n) is 3.18. The Morgan fingerprint density at radius 1 is 1.05 bits per heavy atom. The average molecular weight is 293 g/mol. The molecule has 21 heavy (non-hydrogen) atoms. The summed E-state index contributed by atoms with van der Waals surface area (Å²) in [7, 11) is 6.49. The predicted octanol–water partition coefficient (Wildman–Crippen LogP) is 2.04. The van der Waals surface area contributed by atoms with Crippen molar-refractivity contribution in [3.05, 3.63) is 18.0 Å². The first-order valence-electron chi connectivity index (χ1n) is 6.46. The molecule has 7 heteroatoms. The zero-order valence-electron chi connectivity index (χ0n) is 12.8. The van der Waals surface area contributed by atoms with Crippen LogP contribution in [0.4, 0.5) is 0 Å². The number of aromatic nitrogens is 2. The third kappa shape index (κ3) is 2.78. The van der Waals surface area contributed by atoms with Crippen LogP contribution < -0.4 is 19.5 Å². The van der Waals surface area contributed by atoms with Crippen LogP contribution in [0.2, 0.25) is 0 Å². The van der Waals surface area contributed by atoms with Crippen molar-refractivity contribution in [1.82, 2.24) is 15.5 Å². The second-order valence-electron chi connectivity index (χ2n) is 4.34. The summed E-state index contributed by atoms with van der Waals surface area (Å²) in [4.78, 5) is 0. The van der Waals surface area contributed by atoms with Crippen molar-refractivity contribution in [1.29, 1.82) is 0 Å². The summed E-state index contributed by atoms with van der Waals surface area (Å²) in [5.74, 6) is 2.42. The van der Waals surface area contributed by atoms with E-state index in [9.17, 15) is 0 Å². The molecule has 1 aromatic carbocycles. The zero-order chi connectivity index (χ0) is 15.4. The summed E-state index contributed by atoms with van der Waals surface area (Å²) < 4.78 is 21.7. The molecule has 7 nitrogen and oxygen atoms in total. The first-order valence-corrected chi connectivity index (χ1v) is 6.46. The summed E-state index contributed by atoms with van der Waals surface area (Å²) in [6, 6.07) is 3.53. The van der Waals surface area contributed by atoms with Gasteiger partial charge in [0.15, 0.2) is 11.5 Å². The van der Waals surface area contributed by atoms with Gasteiger partial charge in [0, 0.05) is 0 Å². The van der Waals surface area contributed by atoms with E-state index in [1.807, 2.05) is 14.0 Å². The van der Waals surface area contributed by atoms with Crippen LogP contribution in [-0.2, 0) is 0 Å². The molecule has 1 N–H and O–H groups in total. The minimum atomic E-state index is -0.0302. The van der Waals surface area contributed by atoms with Crippen LogP contribution in [0.1, 0.15) is 18.9 Å². The Kier molecular flexibility index (Phi) is 4.64. The quantitative estimate of drug-likeness (QED) is 0.873. The molecule has 0 saturated carbocycles. The van der Waals surface area contributed by atoms with Gasteiger partial charge >= 0.3 is 0 Å². The maximum atomic E-state index is 5.68. The van der Waals surface area contributed by atoms with Crippen LogP contribution in [0.3, 0.4) is 0 Å². The third-order valence-corrected chi connectivity index (χ3v) is 3.18. The molecular weight excluding hydrogens is 274 g/mol. The number of nitrogens with zero attached hydrogens (tertiary/aromatic N) is 2. The number of hydrogen-bond acceptors (Lipinski definition) is 7. The molecule has 0 radical (unpaired) electrons. The Morgan fingerprint density at radius 3 is 2.33 bits per heavy atom. The fourth-order valence-electron chi connectivity index (χ4n) is 1.91. The second-order valence-corrected chi connectivity index (χ2v) is 4.34. The largest absolute Gasteiger partial charge is 0.493 e. The van der Waals surface area contributed by atoms with Crippen molar-refractivity contribution >= 4 is 0 Å². The van der Waals surface area contributed by atoms with Gasteiger partial charge in [-0.05, 0) is 26.1 Å². The van der Waals surface area contributed by atoms with Crippen LogP contribution in [0, 0.1) is 0 Å². The molecule has 0 bridgehead atoms. The number of ether oxygens (including phenoxy) is 3. The van der Waals surface area contributed by atoms with Gasteiger partial charge in [0.25, 0.3) is 5.89 Å². The van der Waals surface area contributed by atoms with Gasteiger partial charge in [-0.15, -0.1) is 10.2 Å². The Balaban J connectivity index is 2.51. The van der Waals surface area contributed by atoms with E-state index in [1.54, 1.807) is 33.5 Å². The van der Waals surface area contributed by atoms with E-state index in [4.69, 9.17) is 18.6 Å². The highest BCUT2D eigenvalue weighted by Gasteiger charge is 2.21. The topological polar surface area (TPSA) is 78.6 Å². The molecule has 0 spiro atoms. The molecule has 0 amide bonds. The number of hydrogen-bond donors (Lipinski definition) is 1. The minimum absolute atomic E-state index is 0.0302. The number of benzene rings is 1. The van der Waals surface area contributed by atoms with E-state index >= 15 is 0 Å². The lowest BCUT2D eigenvalue weighted by Gasteiger charge is -2.13. The second kappa shape index (κ2) is 6.45. The fraction of sp³-hybridized carbons (Fsp3) is 0.429. The normalized spacial score (nSPS) is 12.0. The maximum absolute atomic E-state index is 5.68. The maximum Gasteiger partial charge on any atom is 0.251 e. The van der Waals surface area contributed by atoms with Gasteiger partial charge in [0.05, 0.1) is 32.9 Å². The van der Waals surface area contributed by atoms with E-state index in [0.29, 0.717) is 34.6 Å². The molecular formula is C14H19N3O4. The van der Waals surface area contributed by atoms with Gasteiger partial charge in [-0.3, -0.25) is 0 Å². The summed E-state index contributed by atoms with van der Waals surface area (Å²) >= 11 is 0. The smallest absolute Gasteiger partial charge is 0.251 e. The standard InChI is InChI=1S/C14H19N3O4/c1-8(15-2)13-16-17-14(21-13)9-6-7-10(18-3)12(20-5)11(9)19-4/h6-8,15H,1-5H3. The summed E-state index contributed by atoms with van der Waals surface area (Å²) in [5.41, 5.74) is 0.650. The van der Waals surface area contributed by atoms with Crippen LogP contribution in [0.5, 0.6) is 17.2 Å². The van der Waals surface area contributed by atoms with Gasteiger partial charge in [-0.2, -0.15) is 0 Å². The predicted molar refractivity (Wildman–Crippen MR) is 76.9 cm³/mol. The van der Waals surface area contributed by atoms with Crippen molar-refractivity contribution < 1.29 is 18.6 Å². The summed E-state index contributed by atoms with van der Waals surface area (Å²) in [5, 5.41) is 11.1. The van der Waals surface area contributed by atoms with E-state index in [2.05, 4.69) is 15.5 Å². The van der Waals surface area contributed by atoms with Crippen LogP contribution in [0.25, 0.3) is 11.5 Å². The zero-order valence-corrected chi connectivity index (χ0v) is 12.8. The highest BCUT2D eigenvalue weighted by molar-refractivity contribution is 5.71. The molecule has 0 saturated heterocycles. The molecule has 0 aliphatic rings. The van der Waals surface area contributed by atoms with Crippen molar-refractivity contribution in [2.75, 3.05) is 28.4 Å². The molecule has 1 unspecified atom stereocenters. The average Bonchev–Trinajstić information content (AvgIpc) is 3.02. The Labute approximate surface area is 123 Å². The molecule has 1 aromatic heterocycles. The molecule has 114 valence electrons. The molecule has 1 heterocycles. The van der Waals surface area contributed by atoms with Crippen molar-refractivity contribution in [3.63, 3.8) is 0 Å². The number of rotatable bonds is 6. The van der Waals surface area contributed by atoms with Crippen molar-refractivity contribution in [3.8, 4) is 28.7 Å². The lowest BCUT2D eigenvalue weighted by molar-refractivity contribution is 0.324. The van der Waals surface area contributed by atoms with E-state index < -0.39 is 0 Å². The lowest BCUT2D eigenvalue weighted by Crippen LogP contribution is -2.12. The summed E-state index contributed by atoms with van der Waals surface area (Å²) in [6.45, 7) is 1.93. The SMILES string of the molecule is CNC(C)c1nnc(-c2ccc(OC)c(OC)c2OC)o1. The van der Waals surface area contributed by atoms with Crippen LogP contribution >= 0.6 is 0 Å². The first-order chi connectivity index (χ1) is 10.2. The van der Waals surface area contributed by atoms with Gasteiger partial charge < -0.3 is 23.9 Å². The minimum Gasteiger partial charge on any atom is -0.493 e. The van der Waals surface area contributed by atoms with Gasteiger partial charge in [0.2, 0.25) is 11.6 Å². The molecule has 1 atom stereocenters. The lowest BCUT2D eigenvalue weighted by atomic mass is 10.1. The Hall–Kier alpha value is -2.28. The van der Waals surface area contributed by atoms with Crippen LogP contribution in [-0.4, -0.2) is 38.6 Å². The van der Waals surface area contributed by atoms with E-state index in [1.165, 1.54) is 0 Å². The molecule has 0 fully saturated rings. The number of nitrogens with one attached hydrogen (secondary N) is 1. The van der Waals surface area contributed by atoms with Gasteiger partial charge in [-0.25, -0.2) is 0 Å². The van der Waals surface area contributed by atoms with E-state index in [-0.39, 0.29) is 6.04 Å². The van der Waals surface area contributed by atoms with E-state index in [0.717, 1.165) is 0 Å². The van der Waals surface area contributed by atoms with Gasteiger partial charge in [-0.1, -0.05) is 0 Å². The highest BCUT2D eigenvalue weighted by Crippen LogP contribution is 2.43. The van der Waals surface area contributed by atoms with Crippen molar-refractivity contribution in [2.45, 2.75) is 13.0 Å². The monoisotopic (exact) mass is 293 g/mol. The summed E-state index contributed by atoms with van der Waals surface area (Å²) in [6.07, 6.45) is 0. The molecule has 0 aliphatic carbocycles.